The molecule has 0 heterocycles. The molecular weight excluding hydrogens is 348 g/mol. The van der Waals surface area contributed by atoms with Gasteiger partial charge in [0.15, 0.2) is 0 Å². The van der Waals surface area contributed by atoms with E-state index >= 15 is 0 Å². The Morgan fingerprint density at radius 1 is 1.32 bits per heavy atom. The van der Waals surface area contributed by atoms with Gasteiger partial charge in [0.25, 0.3) is 0 Å². The summed E-state index contributed by atoms with van der Waals surface area (Å²) >= 11 is 0. The first-order valence-electron chi connectivity index (χ1n) is 7.94. The lowest BCUT2D eigenvalue weighted by Gasteiger charge is -2.11. The first kappa shape index (κ1) is 21.2. The highest BCUT2D eigenvalue weighted by Crippen LogP contribution is 2.23. The number of benzene rings is 1. The van der Waals surface area contributed by atoms with E-state index in [1.807, 2.05) is 5.48 Å². The molecule has 1 aromatic rings. The molecule has 1 amide bonds. The van der Waals surface area contributed by atoms with Crippen molar-refractivity contribution in [2.75, 3.05) is 24.9 Å². The van der Waals surface area contributed by atoms with Crippen LogP contribution in [0.15, 0.2) is 22.6 Å². The fourth-order valence-corrected chi connectivity index (χ4v) is 3.23. The third kappa shape index (κ3) is 8.71. The lowest BCUT2D eigenvalue weighted by molar-refractivity contribution is 0.126. The zero-order valence-electron chi connectivity index (χ0n) is 14.7. The van der Waals surface area contributed by atoms with Gasteiger partial charge in [-0.15, -0.1) is 4.36 Å². The van der Waals surface area contributed by atoms with Crippen LogP contribution in [0.25, 0.3) is 0 Å². The first-order chi connectivity index (χ1) is 11.8. The number of nitrogens with one attached hydrogen (secondary N) is 1. The fourth-order valence-electron chi connectivity index (χ4n) is 2.02. The number of ether oxygens (including phenoxy) is 2. The van der Waals surface area contributed by atoms with E-state index in [4.69, 9.17) is 19.8 Å². The van der Waals surface area contributed by atoms with Gasteiger partial charge in [0, 0.05) is 18.9 Å². The predicted octanol–water partition coefficient (Wildman–Crippen LogP) is 2.78. The Kier molecular flexibility index (Phi) is 8.67. The van der Waals surface area contributed by atoms with E-state index in [0.29, 0.717) is 36.4 Å². The van der Waals surface area contributed by atoms with Crippen molar-refractivity contribution in [2.24, 2.45) is 4.36 Å². The number of aliphatic hydroxyl groups excluding tert-OH is 1. The predicted molar refractivity (Wildman–Crippen MR) is 95.5 cm³/mol. The average Bonchev–Trinajstić information content (AvgIpc) is 2.49. The maximum absolute atomic E-state index is 12.5. The molecule has 1 rings (SSSR count). The normalized spacial score (nSPS) is 13.2. The molecule has 8 nitrogen and oxygen atoms in total. The summed E-state index contributed by atoms with van der Waals surface area (Å²) < 4.78 is 26.6. The molecule has 0 bridgehead atoms. The second kappa shape index (κ2) is 10.2. The standard InChI is InChI=1S/C16H26N2O6S/c1-12(2)24-16(20)18-25(3,22)11-13-8-14(17-21)10-15(9-13)23-7-5-4-6-19/h8-10,12,17,19,21H,4-7,11H2,1-3H3. The Morgan fingerprint density at radius 2 is 2.04 bits per heavy atom. The second-order valence-corrected chi connectivity index (χ2v) is 8.27. The Morgan fingerprint density at radius 3 is 2.64 bits per heavy atom. The molecule has 9 heteroatoms. The summed E-state index contributed by atoms with van der Waals surface area (Å²) in [4.78, 5) is 11.6. The molecule has 0 aliphatic rings. The lowest BCUT2D eigenvalue weighted by Crippen LogP contribution is -2.11. The van der Waals surface area contributed by atoms with Crippen LogP contribution >= 0.6 is 0 Å². The summed E-state index contributed by atoms with van der Waals surface area (Å²) in [7, 11) is -2.85. The van der Waals surface area contributed by atoms with Gasteiger partial charge in [-0.2, -0.15) is 0 Å². The number of nitrogens with zero attached hydrogens (tertiary/aromatic N) is 1. The number of aliphatic hydroxyl groups is 1. The monoisotopic (exact) mass is 374 g/mol. The van der Waals surface area contributed by atoms with Gasteiger partial charge in [-0.3, -0.25) is 10.7 Å². The van der Waals surface area contributed by atoms with Gasteiger partial charge in [-0.1, -0.05) is 0 Å². The van der Waals surface area contributed by atoms with Crippen LogP contribution in [-0.2, 0) is 20.2 Å². The minimum atomic E-state index is -2.85. The van der Waals surface area contributed by atoms with Crippen molar-refractivity contribution in [3.05, 3.63) is 23.8 Å². The Hall–Kier alpha value is -1.84. The molecule has 0 aliphatic carbocycles. The van der Waals surface area contributed by atoms with Crippen LogP contribution in [0.1, 0.15) is 32.3 Å². The number of unbranched alkanes of at least 4 members (excludes halogenated alkanes) is 1. The number of hydrogen-bond acceptors (Lipinski definition) is 7. The third-order valence-electron chi connectivity index (χ3n) is 2.96. The van der Waals surface area contributed by atoms with Crippen molar-refractivity contribution < 1.29 is 28.8 Å². The molecular formula is C16H26N2O6S. The highest BCUT2D eigenvalue weighted by Gasteiger charge is 2.12. The molecule has 1 atom stereocenters. The number of hydrogen-bond donors (Lipinski definition) is 3. The number of amides is 1. The molecule has 0 radical (unpaired) electrons. The molecule has 0 aliphatic heterocycles. The summed E-state index contributed by atoms with van der Waals surface area (Å²) in [6.07, 6.45) is 1.48. The summed E-state index contributed by atoms with van der Waals surface area (Å²) in [6.45, 7) is 3.86. The van der Waals surface area contributed by atoms with Gasteiger partial charge >= 0.3 is 6.09 Å². The van der Waals surface area contributed by atoms with Crippen LogP contribution in [0, 0.1) is 0 Å². The van der Waals surface area contributed by atoms with Gasteiger partial charge in [-0.25, -0.2) is 9.00 Å². The Balaban J connectivity index is 2.90. The lowest BCUT2D eigenvalue weighted by atomic mass is 10.2. The minimum absolute atomic E-state index is 0.00269. The summed E-state index contributed by atoms with van der Waals surface area (Å²) in [5, 5.41) is 17.9. The van der Waals surface area contributed by atoms with E-state index in [1.165, 1.54) is 6.26 Å². The number of carbonyl (C=O) groups excluding carboxylic acids is 1. The van der Waals surface area contributed by atoms with Gasteiger partial charge in [0.2, 0.25) is 0 Å². The minimum Gasteiger partial charge on any atom is -0.494 e. The van der Waals surface area contributed by atoms with Gasteiger partial charge < -0.3 is 14.6 Å². The smallest absolute Gasteiger partial charge is 0.442 e. The number of anilines is 1. The maximum atomic E-state index is 12.5. The number of rotatable bonds is 9. The summed E-state index contributed by atoms with van der Waals surface area (Å²) in [6, 6.07) is 4.85. The Labute approximate surface area is 148 Å². The van der Waals surface area contributed by atoms with Gasteiger partial charge in [0.1, 0.15) is 5.75 Å². The highest BCUT2D eigenvalue weighted by atomic mass is 32.2. The maximum Gasteiger partial charge on any atom is 0.442 e. The van der Waals surface area contributed by atoms with Crippen molar-refractivity contribution in [2.45, 2.75) is 38.5 Å². The van der Waals surface area contributed by atoms with Crippen LogP contribution in [0.3, 0.4) is 0 Å². The van der Waals surface area contributed by atoms with Crippen LogP contribution in [0.2, 0.25) is 0 Å². The van der Waals surface area contributed by atoms with E-state index in [2.05, 4.69) is 4.36 Å². The van der Waals surface area contributed by atoms with Crippen LogP contribution in [-0.4, -0.2) is 46.2 Å². The summed E-state index contributed by atoms with van der Waals surface area (Å²) in [5.41, 5.74) is 2.98. The van der Waals surface area contributed by atoms with E-state index in [0.717, 1.165) is 0 Å². The molecule has 0 fully saturated rings. The van der Waals surface area contributed by atoms with Crippen molar-refractivity contribution in [3.63, 3.8) is 0 Å². The molecule has 0 aromatic heterocycles. The van der Waals surface area contributed by atoms with Crippen LogP contribution < -0.4 is 10.2 Å². The van der Waals surface area contributed by atoms with Crippen molar-refractivity contribution >= 4 is 21.5 Å². The van der Waals surface area contributed by atoms with E-state index in [9.17, 15) is 9.00 Å². The summed E-state index contributed by atoms with van der Waals surface area (Å²) in [5.74, 6) is 0.481. The van der Waals surface area contributed by atoms with Crippen LogP contribution in [0.5, 0.6) is 5.75 Å². The van der Waals surface area contributed by atoms with Crippen molar-refractivity contribution in [1.29, 1.82) is 0 Å². The SMILES string of the molecule is CC(C)OC(=O)N=S(C)(=O)Cc1cc(NO)cc(OCCCCO)c1. The average molecular weight is 374 g/mol. The third-order valence-corrected chi connectivity index (χ3v) is 4.36. The molecule has 0 spiro atoms. The Bertz CT molecular complexity index is 683. The van der Waals surface area contributed by atoms with E-state index in [1.54, 1.807) is 32.0 Å². The van der Waals surface area contributed by atoms with Crippen molar-refractivity contribution in [1.82, 2.24) is 0 Å². The quantitative estimate of drug-likeness (QED) is 0.449. The van der Waals surface area contributed by atoms with Gasteiger partial charge in [0.05, 0.1) is 33.9 Å². The number of carbonyl (C=O) groups is 1. The zero-order valence-corrected chi connectivity index (χ0v) is 15.5. The zero-order chi connectivity index (χ0) is 18.9. The fraction of sp³-hybridized carbons (Fsp3) is 0.562. The topological polar surface area (TPSA) is 117 Å². The second-order valence-electron chi connectivity index (χ2n) is 5.88. The molecule has 0 saturated heterocycles. The molecule has 3 N–H and O–H groups in total. The van der Waals surface area contributed by atoms with Gasteiger partial charge in [-0.05, 0) is 44.4 Å². The van der Waals surface area contributed by atoms with Crippen LogP contribution in [0.4, 0.5) is 10.5 Å². The molecule has 0 saturated carbocycles. The molecule has 25 heavy (non-hydrogen) atoms. The molecule has 142 valence electrons. The van der Waals surface area contributed by atoms with Crippen molar-refractivity contribution in [3.8, 4) is 5.75 Å². The van der Waals surface area contributed by atoms with E-state index < -0.39 is 15.8 Å². The molecule has 1 unspecified atom stereocenters. The highest BCUT2D eigenvalue weighted by molar-refractivity contribution is 7.92. The largest absolute Gasteiger partial charge is 0.494 e. The first-order valence-corrected chi connectivity index (χ1v) is 10.0. The van der Waals surface area contributed by atoms with E-state index in [-0.39, 0.29) is 18.5 Å². The molecule has 1 aromatic carbocycles.